The molecule has 0 fully saturated rings. The van der Waals surface area contributed by atoms with E-state index in [1.165, 1.54) is 0 Å². The summed E-state index contributed by atoms with van der Waals surface area (Å²) < 4.78 is 6.66. The molecule has 9 heteroatoms. The first kappa shape index (κ1) is 15.8. The molecule has 0 saturated heterocycles. The van der Waals surface area contributed by atoms with Crippen LogP contribution in [-0.4, -0.2) is 35.8 Å². The van der Waals surface area contributed by atoms with Gasteiger partial charge in [-0.2, -0.15) is 10.1 Å². The lowest BCUT2D eigenvalue weighted by Crippen LogP contribution is -2.25. The number of rotatable bonds is 5. The van der Waals surface area contributed by atoms with Gasteiger partial charge in [0.15, 0.2) is 0 Å². The van der Waals surface area contributed by atoms with Crippen molar-refractivity contribution in [3.8, 4) is 11.6 Å². The van der Waals surface area contributed by atoms with Crippen molar-refractivity contribution in [2.24, 2.45) is 7.05 Å². The van der Waals surface area contributed by atoms with E-state index in [-0.39, 0.29) is 30.1 Å². The molecule has 0 radical (unpaired) electrons. The molecule has 0 atom stereocenters. The molecule has 0 bridgehead atoms. The minimum atomic E-state index is -0.257. The van der Waals surface area contributed by atoms with E-state index in [0.29, 0.717) is 11.5 Å². The van der Waals surface area contributed by atoms with Crippen LogP contribution >= 0.6 is 0 Å². The van der Waals surface area contributed by atoms with Crippen LogP contribution in [0.5, 0.6) is 0 Å². The number of nitrogens with one attached hydrogen (secondary N) is 1. The van der Waals surface area contributed by atoms with Gasteiger partial charge in [-0.05, 0) is 18.1 Å². The van der Waals surface area contributed by atoms with Crippen LogP contribution in [0.2, 0.25) is 0 Å². The summed E-state index contributed by atoms with van der Waals surface area (Å²) in [4.78, 5) is 24.5. The Kier molecular flexibility index (Phi) is 4.32. The number of amides is 1. The van der Waals surface area contributed by atoms with Crippen LogP contribution < -0.4 is 5.32 Å². The van der Waals surface area contributed by atoms with Crippen molar-refractivity contribution in [3.05, 3.63) is 41.8 Å². The zero-order valence-electron chi connectivity index (χ0n) is 13.6. The van der Waals surface area contributed by atoms with Crippen molar-refractivity contribution in [3.63, 3.8) is 0 Å². The van der Waals surface area contributed by atoms with E-state index in [1.54, 1.807) is 36.3 Å². The molecule has 0 spiro atoms. The maximum absolute atomic E-state index is 12.3. The molecule has 3 heterocycles. The third-order valence-electron chi connectivity index (χ3n) is 3.36. The normalized spacial score (nSPS) is 11.0. The molecule has 3 aromatic heterocycles. The molecule has 3 rings (SSSR count). The van der Waals surface area contributed by atoms with Gasteiger partial charge in [0.2, 0.25) is 17.5 Å². The van der Waals surface area contributed by atoms with Gasteiger partial charge in [-0.15, -0.1) is 0 Å². The summed E-state index contributed by atoms with van der Waals surface area (Å²) in [6.07, 6.45) is 3.18. The SMILES string of the molecule is CC(C)c1cc(C(=O)NCc2nc(-c3ncccn3)no2)n(C)n1. The molecule has 1 amide bonds. The molecule has 1 N–H and O–H groups in total. The smallest absolute Gasteiger partial charge is 0.269 e. The monoisotopic (exact) mass is 327 g/mol. The predicted molar refractivity (Wildman–Crippen MR) is 83.8 cm³/mol. The van der Waals surface area contributed by atoms with E-state index in [4.69, 9.17) is 4.52 Å². The van der Waals surface area contributed by atoms with Crippen LogP contribution in [0.4, 0.5) is 0 Å². The van der Waals surface area contributed by atoms with Crippen LogP contribution in [0.25, 0.3) is 11.6 Å². The van der Waals surface area contributed by atoms with Crippen molar-refractivity contribution in [1.82, 2.24) is 35.2 Å². The fourth-order valence-electron chi connectivity index (χ4n) is 2.06. The number of aryl methyl sites for hydroxylation is 1. The highest BCUT2D eigenvalue weighted by Gasteiger charge is 2.16. The Morgan fingerprint density at radius 1 is 1.29 bits per heavy atom. The molecular weight excluding hydrogens is 310 g/mol. The number of nitrogens with zero attached hydrogens (tertiary/aromatic N) is 6. The molecule has 0 unspecified atom stereocenters. The topological polar surface area (TPSA) is 112 Å². The molecule has 0 aliphatic heterocycles. The maximum Gasteiger partial charge on any atom is 0.269 e. The fourth-order valence-corrected chi connectivity index (χ4v) is 2.06. The van der Waals surface area contributed by atoms with E-state index in [1.807, 2.05) is 13.8 Å². The zero-order chi connectivity index (χ0) is 17.1. The summed E-state index contributed by atoms with van der Waals surface area (Å²) in [5, 5.41) is 10.9. The molecule has 9 nitrogen and oxygen atoms in total. The largest absolute Gasteiger partial charge is 0.342 e. The summed E-state index contributed by atoms with van der Waals surface area (Å²) in [5.41, 5.74) is 1.34. The Bertz CT molecular complexity index is 839. The second-order valence-electron chi connectivity index (χ2n) is 5.50. The molecule has 0 aliphatic rings. The van der Waals surface area contributed by atoms with Crippen LogP contribution in [0, 0.1) is 0 Å². The Balaban J connectivity index is 1.66. The van der Waals surface area contributed by atoms with Crippen molar-refractivity contribution in [1.29, 1.82) is 0 Å². The number of aromatic nitrogens is 6. The van der Waals surface area contributed by atoms with Gasteiger partial charge in [-0.25, -0.2) is 9.97 Å². The van der Waals surface area contributed by atoms with Gasteiger partial charge in [0.1, 0.15) is 5.69 Å². The van der Waals surface area contributed by atoms with E-state index in [2.05, 4.69) is 30.5 Å². The molecule has 3 aromatic rings. The standard InChI is InChI=1S/C15H17N7O2/c1-9(2)10-7-11(22(3)20-10)15(23)18-8-12-19-14(21-24-12)13-16-5-4-6-17-13/h4-7,9H,8H2,1-3H3,(H,18,23). The average Bonchev–Trinajstić information content (AvgIpc) is 3.20. The quantitative estimate of drug-likeness (QED) is 0.752. The Morgan fingerprint density at radius 2 is 2.04 bits per heavy atom. The van der Waals surface area contributed by atoms with E-state index >= 15 is 0 Å². The third kappa shape index (κ3) is 3.29. The lowest BCUT2D eigenvalue weighted by atomic mass is 10.1. The molecule has 0 aromatic carbocycles. The van der Waals surface area contributed by atoms with Crippen molar-refractivity contribution < 1.29 is 9.32 Å². The van der Waals surface area contributed by atoms with Gasteiger partial charge in [0, 0.05) is 19.4 Å². The molecule has 0 saturated carbocycles. The van der Waals surface area contributed by atoms with Crippen molar-refractivity contribution >= 4 is 5.91 Å². The number of carbonyl (C=O) groups excluding carboxylic acids is 1. The first-order chi connectivity index (χ1) is 11.5. The Morgan fingerprint density at radius 3 is 2.71 bits per heavy atom. The average molecular weight is 327 g/mol. The van der Waals surface area contributed by atoms with E-state index < -0.39 is 0 Å². The zero-order valence-corrected chi connectivity index (χ0v) is 13.6. The molecule has 124 valence electrons. The first-order valence-electron chi connectivity index (χ1n) is 7.46. The number of hydrogen-bond acceptors (Lipinski definition) is 7. The van der Waals surface area contributed by atoms with Crippen LogP contribution in [0.15, 0.2) is 29.0 Å². The highest BCUT2D eigenvalue weighted by molar-refractivity contribution is 5.92. The predicted octanol–water partition coefficient (Wildman–Crippen LogP) is 1.31. The summed E-state index contributed by atoms with van der Waals surface area (Å²) in [6.45, 7) is 4.16. The minimum Gasteiger partial charge on any atom is -0.342 e. The lowest BCUT2D eigenvalue weighted by Gasteiger charge is -2.01. The lowest BCUT2D eigenvalue weighted by molar-refractivity contribution is 0.0937. The maximum atomic E-state index is 12.3. The summed E-state index contributed by atoms with van der Waals surface area (Å²) in [5.74, 6) is 0.918. The fraction of sp³-hybridized carbons (Fsp3) is 0.333. The van der Waals surface area contributed by atoms with Gasteiger partial charge in [-0.3, -0.25) is 9.48 Å². The number of hydrogen-bond donors (Lipinski definition) is 1. The number of carbonyl (C=O) groups is 1. The Labute approximate surface area is 138 Å². The van der Waals surface area contributed by atoms with Crippen molar-refractivity contribution in [2.75, 3.05) is 0 Å². The van der Waals surface area contributed by atoms with E-state index in [0.717, 1.165) is 5.69 Å². The molecular formula is C15H17N7O2. The highest BCUT2D eigenvalue weighted by atomic mass is 16.5. The van der Waals surface area contributed by atoms with Gasteiger partial charge in [0.05, 0.1) is 12.2 Å². The highest BCUT2D eigenvalue weighted by Crippen LogP contribution is 2.14. The van der Waals surface area contributed by atoms with Crippen LogP contribution in [0.3, 0.4) is 0 Å². The van der Waals surface area contributed by atoms with Crippen LogP contribution in [0.1, 0.15) is 41.8 Å². The van der Waals surface area contributed by atoms with Crippen molar-refractivity contribution in [2.45, 2.75) is 26.3 Å². The summed E-state index contributed by atoms with van der Waals surface area (Å²) in [7, 11) is 1.73. The molecule has 24 heavy (non-hydrogen) atoms. The summed E-state index contributed by atoms with van der Waals surface area (Å²) in [6, 6.07) is 3.47. The Hall–Kier alpha value is -3.10. The second kappa shape index (κ2) is 6.57. The van der Waals surface area contributed by atoms with Gasteiger partial charge < -0.3 is 9.84 Å². The van der Waals surface area contributed by atoms with Gasteiger partial charge >= 0.3 is 0 Å². The van der Waals surface area contributed by atoms with E-state index in [9.17, 15) is 4.79 Å². The summed E-state index contributed by atoms with van der Waals surface area (Å²) >= 11 is 0. The van der Waals surface area contributed by atoms with Gasteiger partial charge in [0.25, 0.3) is 5.91 Å². The second-order valence-corrected chi connectivity index (χ2v) is 5.50. The minimum absolute atomic E-state index is 0.112. The van der Waals surface area contributed by atoms with Gasteiger partial charge in [-0.1, -0.05) is 19.0 Å². The third-order valence-corrected chi connectivity index (χ3v) is 3.36. The first-order valence-corrected chi connectivity index (χ1v) is 7.46. The van der Waals surface area contributed by atoms with Crippen LogP contribution in [-0.2, 0) is 13.6 Å². The molecule has 0 aliphatic carbocycles.